The Bertz CT molecular complexity index is 435. The Morgan fingerprint density at radius 2 is 1.89 bits per heavy atom. The number of ether oxygens (including phenoxy) is 1. The summed E-state index contributed by atoms with van der Waals surface area (Å²) in [5.74, 6) is 3.66. The molecule has 1 aromatic heterocycles. The molecule has 1 aromatic rings. The number of aryl methyl sites for hydroxylation is 1. The van der Waals surface area contributed by atoms with Crippen molar-refractivity contribution >= 4 is 5.82 Å². The van der Waals surface area contributed by atoms with E-state index in [0.29, 0.717) is 6.61 Å². The summed E-state index contributed by atoms with van der Waals surface area (Å²) < 4.78 is 5.15. The first-order chi connectivity index (χ1) is 9.26. The molecule has 0 spiro atoms. The van der Waals surface area contributed by atoms with Crippen molar-refractivity contribution in [3.8, 4) is 0 Å². The second-order valence-corrected chi connectivity index (χ2v) is 5.93. The molecular formula is C15H23N3O. The van der Waals surface area contributed by atoms with Gasteiger partial charge in [-0.1, -0.05) is 12.8 Å². The predicted molar refractivity (Wildman–Crippen MR) is 75.1 cm³/mol. The van der Waals surface area contributed by atoms with Crippen LogP contribution in [-0.2, 0) is 11.3 Å². The lowest BCUT2D eigenvalue weighted by molar-refractivity contribution is 0.177. The van der Waals surface area contributed by atoms with Gasteiger partial charge in [0.1, 0.15) is 12.4 Å². The minimum Gasteiger partial charge on any atom is -0.377 e. The van der Waals surface area contributed by atoms with Gasteiger partial charge in [-0.3, -0.25) is 0 Å². The minimum absolute atomic E-state index is 0.495. The van der Waals surface area contributed by atoms with Crippen molar-refractivity contribution in [2.24, 2.45) is 11.8 Å². The van der Waals surface area contributed by atoms with Gasteiger partial charge in [0, 0.05) is 32.0 Å². The largest absolute Gasteiger partial charge is 0.377 e. The van der Waals surface area contributed by atoms with Crippen molar-refractivity contribution < 1.29 is 4.74 Å². The first-order valence-corrected chi connectivity index (χ1v) is 7.34. The summed E-state index contributed by atoms with van der Waals surface area (Å²) in [7, 11) is 1.69. The number of methoxy groups -OCH3 is 1. The highest BCUT2D eigenvalue weighted by molar-refractivity contribution is 5.41. The van der Waals surface area contributed by atoms with Crippen molar-refractivity contribution in [3.63, 3.8) is 0 Å². The van der Waals surface area contributed by atoms with E-state index in [1.807, 2.05) is 6.92 Å². The Morgan fingerprint density at radius 1 is 1.21 bits per heavy atom. The Balaban J connectivity index is 1.78. The molecule has 0 radical (unpaired) electrons. The Labute approximate surface area is 115 Å². The number of aromatic nitrogens is 2. The third-order valence-corrected chi connectivity index (χ3v) is 4.46. The van der Waals surface area contributed by atoms with Gasteiger partial charge in [-0.25, -0.2) is 9.97 Å². The molecule has 0 unspecified atom stereocenters. The third kappa shape index (κ3) is 2.73. The highest BCUT2D eigenvalue weighted by Crippen LogP contribution is 2.37. The quantitative estimate of drug-likeness (QED) is 0.838. The predicted octanol–water partition coefficient (Wildman–Crippen LogP) is 2.56. The molecule has 1 aliphatic heterocycles. The number of fused-ring (bicyclic) bond motifs is 1. The molecule has 1 saturated carbocycles. The lowest BCUT2D eigenvalue weighted by Gasteiger charge is -2.22. The average Bonchev–Trinajstić information content (AvgIpc) is 2.82. The van der Waals surface area contributed by atoms with Gasteiger partial charge in [0.25, 0.3) is 0 Å². The van der Waals surface area contributed by atoms with Gasteiger partial charge in [0.2, 0.25) is 0 Å². The number of nitrogens with zero attached hydrogens (tertiary/aromatic N) is 3. The second kappa shape index (κ2) is 5.45. The van der Waals surface area contributed by atoms with E-state index in [0.717, 1.165) is 29.2 Å². The molecule has 4 nitrogen and oxygen atoms in total. The van der Waals surface area contributed by atoms with E-state index in [4.69, 9.17) is 4.74 Å². The van der Waals surface area contributed by atoms with Crippen LogP contribution < -0.4 is 4.90 Å². The van der Waals surface area contributed by atoms with Crippen LogP contribution in [0.5, 0.6) is 0 Å². The van der Waals surface area contributed by atoms with Crippen LogP contribution in [0.2, 0.25) is 0 Å². The maximum Gasteiger partial charge on any atom is 0.156 e. The van der Waals surface area contributed by atoms with Crippen molar-refractivity contribution in [3.05, 3.63) is 17.6 Å². The normalized spacial score (nSPS) is 26.5. The molecule has 19 heavy (non-hydrogen) atoms. The zero-order chi connectivity index (χ0) is 13.2. The van der Waals surface area contributed by atoms with Crippen molar-refractivity contribution in [2.45, 2.75) is 39.2 Å². The number of hydrogen-bond donors (Lipinski definition) is 0. The van der Waals surface area contributed by atoms with Gasteiger partial charge in [0.15, 0.2) is 5.82 Å². The molecule has 0 aromatic carbocycles. The summed E-state index contributed by atoms with van der Waals surface area (Å²) in [6.07, 6.45) is 5.62. The molecule has 2 fully saturated rings. The van der Waals surface area contributed by atoms with Gasteiger partial charge in [-0.2, -0.15) is 0 Å². The van der Waals surface area contributed by atoms with Gasteiger partial charge >= 0.3 is 0 Å². The third-order valence-electron chi connectivity index (χ3n) is 4.46. The van der Waals surface area contributed by atoms with Gasteiger partial charge in [0.05, 0.1) is 0 Å². The lowest BCUT2D eigenvalue weighted by atomic mass is 9.82. The lowest BCUT2D eigenvalue weighted by Crippen LogP contribution is -2.22. The number of rotatable bonds is 3. The molecule has 4 heteroatoms. The maximum atomic E-state index is 5.15. The monoisotopic (exact) mass is 261 g/mol. The molecule has 2 atom stereocenters. The van der Waals surface area contributed by atoms with Gasteiger partial charge in [-0.05, 0) is 31.6 Å². The smallest absolute Gasteiger partial charge is 0.156 e. The zero-order valence-corrected chi connectivity index (χ0v) is 11.9. The van der Waals surface area contributed by atoms with Crippen LogP contribution in [0.15, 0.2) is 6.07 Å². The van der Waals surface area contributed by atoms with Crippen LogP contribution in [0.25, 0.3) is 0 Å². The fraction of sp³-hybridized carbons (Fsp3) is 0.733. The number of anilines is 1. The standard InChI is InChI=1S/C15H23N3O/c1-11-7-15(17-14(16-11)10-19-2)18-8-12-5-3-4-6-13(12)9-18/h7,12-13H,3-6,8-10H2,1-2H3/t12-,13-/m1/s1. The van der Waals surface area contributed by atoms with E-state index >= 15 is 0 Å². The van der Waals surface area contributed by atoms with Crippen LogP contribution in [0.3, 0.4) is 0 Å². The topological polar surface area (TPSA) is 38.2 Å². The van der Waals surface area contributed by atoms with Crippen LogP contribution in [0.1, 0.15) is 37.2 Å². The summed E-state index contributed by atoms with van der Waals surface area (Å²) in [6, 6.07) is 2.11. The first-order valence-electron chi connectivity index (χ1n) is 7.34. The van der Waals surface area contributed by atoms with Crippen LogP contribution in [-0.4, -0.2) is 30.2 Å². The SMILES string of the molecule is COCc1nc(C)cc(N2C[C@H]3CCCC[C@@H]3C2)n1. The molecule has 1 aliphatic carbocycles. The summed E-state index contributed by atoms with van der Waals surface area (Å²) in [5.41, 5.74) is 1.03. The molecular weight excluding hydrogens is 238 g/mol. The highest BCUT2D eigenvalue weighted by Gasteiger charge is 2.34. The van der Waals surface area contributed by atoms with Crippen LogP contribution in [0.4, 0.5) is 5.82 Å². The summed E-state index contributed by atoms with van der Waals surface area (Å²) in [6.45, 7) is 4.88. The highest BCUT2D eigenvalue weighted by atomic mass is 16.5. The molecule has 104 valence electrons. The van der Waals surface area contributed by atoms with Gasteiger partial charge in [-0.15, -0.1) is 0 Å². The van der Waals surface area contributed by atoms with Crippen LogP contribution in [0, 0.1) is 18.8 Å². The van der Waals surface area contributed by atoms with Gasteiger partial charge < -0.3 is 9.64 Å². The minimum atomic E-state index is 0.495. The fourth-order valence-electron chi connectivity index (χ4n) is 3.56. The van der Waals surface area contributed by atoms with E-state index in [2.05, 4.69) is 20.9 Å². The average molecular weight is 261 g/mol. The van der Waals surface area contributed by atoms with Crippen molar-refractivity contribution in [2.75, 3.05) is 25.1 Å². The molecule has 1 saturated heterocycles. The van der Waals surface area contributed by atoms with Crippen LogP contribution >= 0.6 is 0 Å². The summed E-state index contributed by atoms with van der Waals surface area (Å²) in [4.78, 5) is 11.5. The molecule has 2 heterocycles. The fourth-order valence-corrected chi connectivity index (χ4v) is 3.56. The second-order valence-electron chi connectivity index (χ2n) is 5.93. The Hall–Kier alpha value is -1.16. The summed E-state index contributed by atoms with van der Waals surface area (Å²) >= 11 is 0. The van der Waals surface area contributed by atoms with E-state index in [1.54, 1.807) is 7.11 Å². The molecule has 0 amide bonds. The van der Waals surface area contributed by atoms with E-state index in [1.165, 1.54) is 38.8 Å². The first kappa shape index (κ1) is 12.9. The van der Waals surface area contributed by atoms with E-state index < -0.39 is 0 Å². The van der Waals surface area contributed by atoms with Crippen molar-refractivity contribution in [1.29, 1.82) is 0 Å². The maximum absolute atomic E-state index is 5.15. The zero-order valence-electron chi connectivity index (χ0n) is 11.9. The molecule has 3 rings (SSSR count). The Morgan fingerprint density at radius 3 is 2.53 bits per heavy atom. The van der Waals surface area contributed by atoms with E-state index in [9.17, 15) is 0 Å². The summed E-state index contributed by atoms with van der Waals surface area (Å²) in [5, 5.41) is 0. The Kier molecular flexibility index (Phi) is 3.69. The number of hydrogen-bond acceptors (Lipinski definition) is 4. The molecule has 2 aliphatic rings. The van der Waals surface area contributed by atoms with E-state index in [-0.39, 0.29) is 0 Å². The molecule has 0 bridgehead atoms. The van der Waals surface area contributed by atoms with Crippen molar-refractivity contribution in [1.82, 2.24) is 9.97 Å². The molecule has 0 N–H and O–H groups in total.